The summed E-state index contributed by atoms with van der Waals surface area (Å²) in [5.74, 6) is -0.203. The van der Waals surface area contributed by atoms with E-state index in [4.69, 9.17) is 11.6 Å². The van der Waals surface area contributed by atoms with Crippen LogP contribution in [0, 0.1) is 0 Å². The number of fused-ring (bicyclic) bond motifs is 1. The summed E-state index contributed by atoms with van der Waals surface area (Å²) < 4.78 is 0. The molecule has 0 spiro atoms. The summed E-state index contributed by atoms with van der Waals surface area (Å²) in [5, 5.41) is 9.22. The molecule has 1 amide bonds. The lowest BCUT2D eigenvalue weighted by molar-refractivity contribution is -0.116. The summed E-state index contributed by atoms with van der Waals surface area (Å²) in [6, 6.07) is 7.51. The van der Waals surface area contributed by atoms with E-state index in [2.05, 4.69) is 0 Å². The number of hydrogen-bond donors (Lipinski definition) is 1. The quantitative estimate of drug-likeness (QED) is 0.768. The maximum atomic E-state index is 11.6. The second-order valence-electron chi connectivity index (χ2n) is 3.57. The van der Waals surface area contributed by atoms with Crippen LogP contribution in [0.3, 0.4) is 0 Å². The first-order chi connectivity index (χ1) is 7.27. The smallest absolute Gasteiger partial charge is 0.242 e. The lowest BCUT2D eigenvalue weighted by atomic mass is 10.1. The molecule has 1 unspecified atom stereocenters. The number of benzene rings is 1. The first kappa shape index (κ1) is 10.5. The van der Waals surface area contributed by atoms with Crippen molar-refractivity contribution >= 4 is 23.2 Å². The average Bonchev–Trinajstić information content (AvgIpc) is 2.66. The number of carbonyl (C=O) groups excluding carboxylic acids is 1. The van der Waals surface area contributed by atoms with E-state index in [0.29, 0.717) is 6.42 Å². The summed E-state index contributed by atoms with van der Waals surface area (Å²) in [6.07, 6.45) is 0.704. The minimum absolute atomic E-state index is 0.0304. The third-order valence-corrected chi connectivity index (χ3v) is 2.89. The van der Waals surface area contributed by atoms with Gasteiger partial charge in [0.1, 0.15) is 5.88 Å². The number of aliphatic hydroxyl groups is 1. The summed E-state index contributed by atoms with van der Waals surface area (Å²) in [7, 11) is 0. The number of alkyl halides is 1. The largest absolute Gasteiger partial charge is 0.394 e. The van der Waals surface area contributed by atoms with E-state index < -0.39 is 0 Å². The molecule has 1 aliphatic rings. The monoisotopic (exact) mass is 225 g/mol. The number of para-hydroxylation sites is 1. The molecule has 2 rings (SSSR count). The number of halogens is 1. The predicted molar refractivity (Wildman–Crippen MR) is 59.2 cm³/mol. The maximum absolute atomic E-state index is 11.6. The molecule has 0 aromatic heterocycles. The Morgan fingerprint density at radius 2 is 2.27 bits per heavy atom. The van der Waals surface area contributed by atoms with E-state index in [1.165, 1.54) is 0 Å². The summed E-state index contributed by atoms with van der Waals surface area (Å²) >= 11 is 5.55. The highest BCUT2D eigenvalue weighted by molar-refractivity contribution is 6.29. The third-order valence-electron chi connectivity index (χ3n) is 2.67. The summed E-state index contributed by atoms with van der Waals surface area (Å²) in [5.41, 5.74) is 1.97. The molecule has 0 saturated heterocycles. The van der Waals surface area contributed by atoms with Crippen LogP contribution >= 0.6 is 11.6 Å². The van der Waals surface area contributed by atoms with Gasteiger partial charge >= 0.3 is 0 Å². The van der Waals surface area contributed by atoms with Crippen LogP contribution < -0.4 is 4.90 Å². The van der Waals surface area contributed by atoms with Gasteiger partial charge in [-0.2, -0.15) is 0 Å². The van der Waals surface area contributed by atoms with E-state index in [9.17, 15) is 9.90 Å². The zero-order valence-corrected chi connectivity index (χ0v) is 8.94. The molecule has 0 saturated carbocycles. The van der Waals surface area contributed by atoms with Crippen LogP contribution in [0.1, 0.15) is 5.56 Å². The van der Waals surface area contributed by atoms with Crippen molar-refractivity contribution in [3.63, 3.8) is 0 Å². The van der Waals surface area contributed by atoms with Gasteiger partial charge in [-0.15, -0.1) is 11.6 Å². The molecular weight excluding hydrogens is 214 g/mol. The number of anilines is 1. The highest BCUT2D eigenvalue weighted by atomic mass is 35.5. The lowest BCUT2D eigenvalue weighted by Gasteiger charge is -2.22. The summed E-state index contributed by atoms with van der Waals surface area (Å²) in [6.45, 7) is -0.0304. The highest BCUT2D eigenvalue weighted by Crippen LogP contribution is 2.31. The second-order valence-corrected chi connectivity index (χ2v) is 3.83. The second kappa shape index (κ2) is 4.21. The van der Waals surface area contributed by atoms with Crippen LogP contribution in [0.4, 0.5) is 5.69 Å². The normalized spacial score (nSPS) is 19.1. The highest BCUT2D eigenvalue weighted by Gasteiger charge is 2.32. The molecule has 80 valence electrons. The Bertz CT molecular complexity index is 381. The van der Waals surface area contributed by atoms with E-state index in [1.807, 2.05) is 24.3 Å². The van der Waals surface area contributed by atoms with E-state index in [-0.39, 0.29) is 24.4 Å². The minimum atomic E-state index is -0.159. The number of hydrogen-bond acceptors (Lipinski definition) is 2. The van der Waals surface area contributed by atoms with Crippen LogP contribution in [0.5, 0.6) is 0 Å². The van der Waals surface area contributed by atoms with Crippen molar-refractivity contribution in [2.24, 2.45) is 0 Å². The van der Waals surface area contributed by atoms with Gasteiger partial charge in [0, 0.05) is 5.69 Å². The van der Waals surface area contributed by atoms with Crippen LogP contribution in [0.2, 0.25) is 0 Å². The molecule has 0 bridgehead atoms. The molecular formula is C11H12ClNO2. The Balaban J connectivity index is 2.38. The van der Waals surface area contributed by atoms with Crippen molar-refractivity contribution in [1.82, 2.24) is 0 Å². The summed E-state index contributed by atoms with van der Waals surface area (Å²) in [4.78, 5) is 13.2. The fourth-order valence-electron chi connectivity index (χ4n) is 2.01. The zero-order chi connectivity index (χ0) is 10.8. The van der Waals surface area contributed by atoms with Crippen molar-refractivity contribution in [2.75, 3.05) is 17.4 Å². The van der Waals surface area contributed by atoms with Crippen LogP contribution in [-0.2, 0) is 11.2 Å². The number of amides is 1. The number of carbonyl (C=O) groups is 1. The van der Waals surface area contributed by atoms with E-state index >= 15 is 0 Å². The fraction of sp³-hybridized carbons (Fsp3) is 0.364. The Hall–Kier alpha value is -1.06. The zero-order valence-electron chi connectivity index (χ0n) is 8.19. The predicted octanol–water partition coefficient (Wildman–Crippen LogP) is 1.18. The minimum Gasteiger partial charge on any atom is -0.394 e. The molecule has 1 atom stereocenters. The molecule has 0 radical (unpaired) electrons. The van der Waals surface area contributed by atoms with Crippen molar-refractivity contribution < 1.29 is 9.90 Å². The average molecular weight is 226 g/mol. The van der Waals surface area contributed by atoms with Crippen molar-refractivity contribution in [3.8, 4) is 0 Å². The molecule has 1 aromatic carbocycles. The molecule has 3 nitrogen and oxygen atoms in total. The SMILES string of the molecule is O=C(CCl)N1c2ccccc2CC1CO. The Morgan fingerprint density at radius 3 is 2.93 bits per heavy atom. The molecule has 15 heavy (non-hydrogen) atoms. The molecule has 1 heterocycles. The van der Waals surface area contributed by atoms with Gasteiger partial charge in [-0.3, -0.25) is 4.79 Å². The van der Waals surface area contributed by atoms with Crippen LogP contribution in [0.15, 0.2) is 24.3 Å². The van der Waals surface area contributed by atoms with Gasteiger partial charge in [-0.25, -0.2) is 0 Å². The Morgan fingerprint density at radius 1 is 1.53 bits per heavy atom. The topological polar surface area (TPSA) is 40.5 Å². The lowest BCUT2D eigenvalue weighted by Crippen LogP contribution is -2.40. The van der Waals surface area contributed by atoms with Crippen molar-refractivity contribution in [1.29, 1.82) is 0 Å². The Labute approximate surface area is 93.3 Å². The van der Waals surface area contributed by atoms with Gasteiger partial charge in [-0.1, -0.05) is 18.2 Å². The van der Waals surface area contributed by atoms with Gasteiger partial charge in [0.2, 0.25) is 5.91 Å². The fourth-order valence-corrected chi connectivity index (χ4v) is 2.14. The maximum Gasteiger partial charge on any atom is 0.242 e. The molecule has 1 aromatic rings. The Kier molecular flexibility index (Phi) is 2.93. The van der Waals surface area contributed by atoms with Crippen LogP contribution in [-0.4, -0.2) is 29.5 Å². The first-order valence-corrected chi connectivity index (χ1v) is 5.38. The molecule has 0 fully saturated rings. The number of nitrogens with zero attached hydrogens (tertiary/aromatic N) is 1. The molecule has 0 aliphatic carbocycles. The van der Waals surface area contributed by atoms with Gasteiger partial charge < -0.3 is 10.0 Å². The first-order valence-electron chi connectivity index (χ1n) is 4.84. The number of rotatable bonds is 2. The molecule has 1 aliphatic heterocycles. The van der Waals surface area contributed by atoms with E-state index in [1.54, 1.807) is 4.90 Å². The number of aliphatic hydroxyl groups excluding tert-OH is 1. The standard InChI is InChI=1S/C11H12ClNO2/c12-6-11(15)13-9(7-14)5-8-3-1-2-4-10(8)13/h1-4,9,14H,5-7H2. The van der Waals surface area contributed by atoms with Gasteiger partial charge in [-0.05, 0) is 18.1 Å². The van der Waals surface area contributed by atoms with E-state index in [0.717, 1.165) is 11.3 Å². The van der Waals surface area contributed by atoms with Crippen molar-refractivity contribution in [3.05, 3.63) is 29.8 Å². The molecule has 1 N–H and O–H groups in total. The van der Waals surface area contributed by atoms with Gasteiger partial charge in [0.05, 0.1) is 12.6 Å². The van der Waals surface area contributed by atoms with Gasteiger partial charge in [0.15, 0.2) is 0 Å². The third kappa shape index (κ3) is 1.73. The van der Waals surface area contributed by atoms with Gasteiger partial charge in [0.25, 0.3) is 0 Å². The van der Waals surface area contributed by atoms with Crippen LogP contribution in [0.25, 0.3) is 0 Å². The molecule has 4 heteroatoms. The van der Waals surface area contributed by atoms with Crippen molar-refractivity contribution in [2.45, 2.75) is 12.5 Å².